The summed E-state index contributed by atoms with van der Waals surface area (Å²) in [5.41, 5.74) is 0.777. The molecule has 0 radical (unpaired) electrons. The van der Waals surface area contributed by atoms with Gasteiger partial charge in [-0.1, -0.05) is 25.1 Å². The molecule has 0 saturated heterocycles. The third-order valence-corrected chi connectivity index (χ3v) is 3.07. The monoisotopic (exact) mass is 278 g/mol. The SMILES string of the molecule is CCC(C)NC(=O)N(CCCC(=O)O)c1ccccc1. The van der Waals surface area contributed by atoms with E-state index in [0.29, 0.717) is 13.0 Å². The van der Waals surface area contributed by atoms with Gasteiger partial charge in [-0.05, 0) is 31.9 Å². The van der Waals surface area contributed by atoms with Gasteiger partial charge in [-0.3, -0.25) is 9.69 Å². The number of nitrogens with one attached hydrogen (secondary N) is 1. The first-order valence-corrected chi connectivity index (χ1v) is 6.89. The van der Waals surface area contributed by atoms with Crippen molar-refractivity contribution in [2.75, 3.05) is 11.4 Å². The number of carboxylic acids is 1. The highest BCUT2D eigenvalue weighted by molar-refractivity contribution is 5.92. The van der Waals surface area contributed by atoms with Gasteiger partial charge >= 0.3 is 12.0 Å². The van der Waals surface area contributed by atoms with Crippen LogP contribution in [-0.4, -0.2) is 29.7 Å². The van der Waals surface area contributed by atoms with Crippen LogP contribution in [0.4, 0.5) is 10.5 Å². The lowest BCUT2D eigenvalue weighted by Gasteiger charge is -2.25. The predicted molar refractivity (Wildman–Crippen MR) is 78.9 cm³/mol. The van der Waals surface area contributed by atoms with Crippen molar-refractivity contribution in [3.8, 4) is 0 Å². The van der Waals surface area contributed by atoms with Gasteiger partial charge in [0.15, 0.2) is 0 Å². The van der Waals surface area contributed by atoms with E-state index in [9.17, 15) is 9.59 Å². The molecule has 0 heterocycles. The number of benzene rings is 1. The van der Waals surface area contributed by atoms with Gasteiger partial charge in [0.1, 0.15) is 0 Å². The Balaban J connectivity index is 2.73. The Labute approximate surface area is 119 Å². The van der Waals surface area contributed by atoms with Crippen molar-refractivity contribution in [3.63, 3.8) is 0 Å². The number of rotatable bonds is 7. The summed E-state index contributed by atoms with van der Waals surface area (Å²) in [6, 6.07) is 9.19. The average Bonchev–Trinajstić information content (AvgIpc) is 2.44. The first-order valence-electron chi connectivity index (χ1n) is 6.89. The van der Waals surface area contributed by atoms with Gasteiger partial charge in [-0.15, -0.1) is 0 Å². The number of anilines is 1. The molecule has 5 nitrogen and oxygen atoms in total. The van der Waals surface area contributed by atoms with Crippen molar-refractivity contribution in [2.45, 2.75) is 39.2 Å². The van der Waals surface area contributed by atoms with Crippen LogP contribution in [0.2, 0.25) is 0 Å². The maximum atomic E-state index is 12.3. The zero-order valence-corrected chi connectivity index (χ0v) is 12.0. The summed E-state index contributed by atoms with van der Waals surface area (Å²) in [4.78, 5) is 24.4. The zero-order chi connectivity index (χ0) is 15.0. The highest BCUT2D eigenvalue weighted by Crippen LogP contribution is 2.14. The molecule has 0 aliphatic carbocycles. The van der Waals surface area contributed by atoms with Crippen LogP contribution in [0.25, 0.3) is 0 Å². The van der Waals surface area contributed by atoms with Crippen LogP contribution in [0, 0.1) is 0 Å². The lowest BCUT2D eigenvalue weighted by atomic mass is 10.2. The van der Waals surface area contributed by atoms with Crippen LogP contribution < -0.4 is 10.2 Å². The van der Waals surface area contributed by atoms with Crippen molar-refractivity contribution >= 4 is 17.7 Å². The standard InChI is InChI=1S/C15H22N2O3/c1-3-12(2)16-15(20)17(11-7-10-14(18)19)13-8-5-4-6-9-13/h4-6,8-9,12H,3,7,10-11H2,1-2H3,(H,16,20)(H,18,19). The summed E-state index contributed by atoms with van der Waals surface area (Å²) >= 11 is 0. The minimum absolute atomic E-state index is 0.0555. The molecule has 20 heavy (non-hydrogen) atoms. The molecule has 0 spiro atoms. The number of nitrogens with zero attached hydrogens (tertiary/aromatic N) is 1. The number of hydrogen-bond donors (Lipinski definition) is 2. The average molecular weight is 278 g/mol. The van der Waals surface area contributed by atoms with Gasteiger partial charge in [-0.25, -0.2) is 4.79 Å². The van der Waals surface area contributed by atoms with E-state index in [2.05, 4.69) is 5.32 Å². The summed E-state index contributed by atoms with van der Waals surface area (Å²) in [6.45, 7) is 4.33. The van der Waals surface area contributed by atoms with Gasteiger partial charge in [0.25, 0.3) is 0 Å². The molecule has 0 fully saturated rings. The topological polar surface area (TPSA) is 69.6 Å². The molecule has 0 saturated carbocycles. The highest BCUT2D eigenvalue weighted by atomic mass is 16.4. The van der Waals surface area contributed by atoms with Crippen molar-refractivity contribution in [2.24, 2.45) is 0 Å². The summed E-state index contributed by atoms with van der Waals surface area (Å²) in [6.07, 6.45) is 1.33. The first-order chi connectivity index (χ1) is 9.54. The van der Waals surface area contributed by atoms with Gasteiger partial charge in [0.05, 0.1) is 0 Å². The van der Waals surface area contributed by atoms with E-state index in [1.165, 1.54) is 0 Å². The third-order valence-electron chi connectivity index (χ3n) is 3.07. The summed E-state index contributed by atoms with van der Waals surface area (Å²) < 4.78 is 0. The molecule has 5 heteroatoms. The van der Waals surface area contributed by atoms with E-state index in [-0.39, 0.29) is 18.5 Å². The Morgan fingerprint density at radius 2 is 1.95 bits per heavy atom. The van der Waals surface area contributed by atoms with E-state index in [4.69, 9.17) is 5.11 Å². The number of para-hydroxylation sites is 1. The Hall–Kier alpha value is -2.04. The summed E-state index contributed by atoms with van der Waals surface area (Å²) in [7, 11) is 0. The molecule has 1 atom stereocenters. The predicted octanol–water partition coefficient (Wildman–Crippen LogP) is 2.87. The second-order valence-corrected chi connectivity index (χ2v) is 4.74. The number of carboxylic acid groups (broad SMARTS) is 1. The summed E-state index contributed by atoms with van der Waals surface area (Å²) in [5.74, 6) is -0.847. The fourth-order valence-electron chi connectivity index (χ4n) is 1.74. The van der Waals surface area contributed by atoms with Crippen LogP contribution in [-0.2, 0) is 4.79 Å². The Bertz CT molecular complexity index is 434. The lowest BCUT2D eigenvalue weighted by Crippen LogP contribution is -2.44. The van der Waals surface area contributed by atoms with Crippen LogP contribution in [0.5, 0.6) is 0 Å². The molecule has 2 N–H and O–H groups in total. The maximum Gasteiger partial charge on any atom is 0.322 e. The van der Waals surface area contributed by atoms with Crippen LogP contribution in [0.15, 0.2) is 30.3 Å². The Morgan fingerprint density at radius 1 is 1.30 bits per heavy atom. The molecule has 1 aromatic rings. The molecule has 1 unspecified atom stereocenters. The molecule has 0 bridgehead atoms. The van der Waals surface area contributed by atoms with E-state index in [1.807, 2.05) is 44.2 Å². The Morgan fingerprint density at radius 3 is 2.50 bits per heavy atom. The molecule has 0 aliphatic heterocycles. The van der Waals surface area contributed by atoms with Crippen LogP contribution in [0.1, 0.15) is 33.1 Å². The van der Waals surface area contributed by atoms with Crippen molar-refractivity contribution in [1.82, 2.24) is 5.32 Å². The molecule has 0 aromatic heterocycles. The number of amides is 2. The molecule has 110 valence electrons. The minimum Gasteiger partial charge on any atom is -0.481 e. The number of urea groups is 1. The normalized spacial score (nSPS) is 11.7. The largest absolute Gasteiger partial charge is 0.481 e. The molecular formula is C15H22N2O3. The Kier molecular flexibility index (Phi) is 6.56. The first kappa shape index (κ1) is 16.0. The summed E-state index contributed by atoms with van der Waals surface area (Å²) in [5, 5.41) is 11.6. The second kappa shape index (κ2) is 8.19. The van der Waals surface area contributed by atoms with E-state index in [0.717, 1.165) is 12.1 Å². The van der Waals surface area contributed by atoms with Crippen molar-refractivity contribution in [1.29, 1.82) is 0 Å². The number of carbonyl (C=O) groups is 2. The molecular weight excluding hydrogens is 256 g/mol. The lowest BCUT2D eigenvalue weighted by molar-refractivity contribution is -0.137. The van der Waals surface area contributed by atoms with Gasteiger partial charge in [-0.2, -0.15) is 0 Å². The quantitative estimate of drug-likeness (QED) is 0.805. The van der Waals surface area contributed by atoms with E-state index >= 15 is 0 Å². The van der Waals surface area contributed by atoms with Crippen molar-refractivity contribution < 1.29 is 14.7 Å². The van der Waals surface area contributed by atoms with E-state index < -0.39 is 5.97 Å². The third kappa shape index (κ3) is 5.30. The smallest absolute Gasteiger partial charge is 0.322 e. The fourth-order valence-corrected chi connectivity index (χ4v) is 1.74. The molecule has 0 aliphatic rings. The maximum absolute atomic E-state index is 12.3. The second-order valence-electron chi connectivity index (χ2n) is 4.74. The van der Waals surface area contributed by atoms with Gasteiger partial charge in [0, 0.05) is 24.7 Å². The van der Waals surface area contributed by atoms with Crippen molar-refractivity contribution in [3.05, 3.63) is 30.3 Å². The van der Waals surface area contributed by atoms with E-state index in [1.54, 1.807) is 4.90 Å². The molecule has 2 amide bonds. The molecule has 1 aromatic carbocycles. The molecule has 1 rings (SSSR count). The number of hydrogen-bond acceptors (Lipinski definition) is 2. The van der Waals surface area contributed by atoms with Crippen LogP contribution >= 0.6 is 0 Å². The zero-order valence-electron chi connectivity index (χ0n) is 12.0. The number of aliphatic carboxylic acids is 1. The van der Waals surface area contributed by atoms with Crippen LogP contribution in [0.3, 0.4) is 0 Å². The number of carbonyl (C=O) groups excluding carboxylic acids is 1. The minimum atomic E-state index is -0.847. The highest BCUT2D eigenvalue weighted by Gasteiger charge is 2.16. The van der Waals surface area contributed by atoms with Gasteiger partial charge in [0.2, 0.25) is 0 Å². The fraction of sp³-hybridized carbons (Fsp3) is 0.467. The van der Waals surface area contributed by atoms with Gasteiger partial charge < -0.3 is 10.4 Å².